The van der Waals surface area contributed by atoms with E-state index in [1.54, 1.807) is 24.8 Å². The van der Waals surface area contributed by atoms with Gasteiger partial charge in [-0.05, 0) is 45.5 Å². The molecular formula is C21H24F2N4O3S. The predicted octanol–water partition coefficient (Wildman–Crippen LogP) is 3.83. The molecule has 1 aliphatic heterocycles. The molecule has 0 fully saturated rings. The predicted molar refractivity (Wildman–Crippen MR) is 115 cm³/mol. The van der Waals surface area contributed by atoms with Crippen LogP contribution in [0.4, 0.5) is 14.6 Å². The van der Waals surface area contributed by atoms with Crippen LogP contribution in [0.5, 0.6) is 0 Å². The summed E-state index contributed by atoms with van der Waals surface area (Å²) in [4.78, 5) is 15.0. The molecule has 3 rings (SSSR count). The van der Waals surface area contributed by atoms with Crippen molar-refractivity contribution in [2.45, 2.75) is 33.2 Å². The molecule has 2 N–H and O–H groups in total. The number of carbonyl (C=O) groups is 1. The van der Waals surface area contributed by atoms with Gasteiger partial charge in [0.05, 0.1) is 11.6 Å². The third kappa shape index (κ3) is 5.26. The Kier molecular flexibility index (Phi) is 7.34. The topological polar surface area (TPSA) is 79.6 Å². The van der Waals surface area contributed by atoms with Gasteiger partial charge >= 0.3 is 0 Å². The van der Waals surface area contributed by atoms with Crippen molar-refractivity contribution < 1.29 is 22.8 Å². The third-order valence-electron chi connectivity index (χ3n) is 4.86. The molecule has 7 nitrogen and oxygen atoms in total. The summed E-state index contributed by atoms with van der Waals surface area (Å²) in [5.41, 5.74) is 0.918. The lowest BCUT2D eigenvalue weighted by Crippen LogP contribution is -2.49. The van der Waals surface area contributed by atoms with E-state index in [1.807, 2.05) is 6.92 Å². The second-order valence-electron chi connectivity index (χ2n) is 7.03. The van der Waals surface area contributed by atoms with Gasteiger partial charge in [0.1, 0.15) is 17.4 Å². The number of allylic oxidation sites excluding steroid dienone is 1. The van der Waals surface area contributed by atoms with Crippen LogP contribution in [-0.4, -0.2) is 40.8 Å². The molecule has 2 aromatic rings. The number of amides is 1. The van der Waals surface area contributed by atoms with Gasteiger partial charge in [-0.1, -0.05) is 11.2 Å². The summed E-state index contributed by atoms with van der Waals surface area (Å²) in [5.74, 6) is -1.22. The summed E-state index contributed by atoms with van der Waals surface area (Å²) in [6.45, 7) is 7.01. The van der Waals surface area contributed by atoms with Gasteiger partial charge < -0.3 is 24.8 Å². The number of carbonyl (C=O) groups excluding carboxylic acids is 1. The van der Waals surface area contributed by atoms with Crippen LogP contribution >= 0.6 is 12.2 Å². The summed E-state index contributed by atoms with van der Waals surface area (Å²) in [6, 6.07) is 3.90. The van der Waals surface area contributed by atoms with E-state index in [0.29, 0.717) is 42.7 Å². The number of anilines is 1. The number of ether oxygens (including phenoxy) is 1. The van der Waals surface area contributed by atoms with Crippen molar-refractivity contribution in [3.8, 4) is 0 Å². The fourth-order valence-electron chi connectivity index (χ4n) is 3.39. The van der Waals surface area contributed by atoms with E-state index >= 15 is 0 Å². The Morgan fingerprint density at radius 2 is 2.13 bits per heavy atom. The van der Waals surface area contributed by atoms with Crippen molar-refractivity contribution in [1.29, 1.82) is 0 Å². The number of rotatable bonds is 8. The van der Waals surface area contributed by atoms with Gasteiger partial charge in [0.25, 0.3) is 5.91 Å². The molecule has 1 amide bonds. The Bertz CT molecular complexity index is 1010. The van der Waals surface area contributed by atoms with Crippen molar-refractivity contribution >= 4 is 29.1 Å². The SMILES string of the molecule is CCOCCCN1C(=S)N[C@H](c2ccc(F)cc2F)C(C(=O)Nc2cc(C)on2)=C1C. The molecule has 10 heteroatoms. The number of halogens is 2. The number of hydrogen-bond acceptors (Lipinski definition) is 5. The van der Waals surface area contributed by atoms with Gasteiger partial charge in [0, 0.05) is 43.2 Å². The highest BCUT2D eigenvalue weighted by Gasteiger charge is 2.35. The van der Waals surface area contributed by atoms with E-state index in [4.69, 9.17) is 21.5 Å². The first kappa shape index (κ1) is 22.8. The van der Waals surface area contributed by atoms with E-state index < -0.39 is 23.6 Å². The van der Waals surface area contributed by atoms with Gasteiger partial charge in [0.15, 0.2) is 10.9 Å². The molecular weight excluding hydrogens is 426 g/mol. The zero-order valence-corrected chi connectivity index (χ0v) is 18.3. The zero-order valence-electron chi connectivity index (χ0n) is 17.5. The number of thiocarbonyl (C=S) groups is 1. The summed E-state index contributed by atoms with van der Waals surface area (Å²) in [5, 5.41) is 9.82. The minimum Gasteiger partial charge on any atom is -0.382 e. The van der Waals surface area contributed by atoms with Crippen LogP contribution in [0, 0.1) is 18.6 Å². The number of hydrogen-bond donors (Lipinski definition) is 2. The minimum absolute atomic E-state index is 0.110. The minimum atomic E-state index is -0.899. The zero-order chi connectivity index (χ0) is 22.5. The van der Waals surface area contributed by atoms with Crippen LogP contribution in [-0.2, 0) is 9.53 Å². The van der Waals surface area contributed by atoms with E-state index in [-0.39, 0.29) is 17.0 Å². The molecule has 2 heterocycles. The van der Waals surface area contributed by atoms with Crippen molar-refractivity contribution in [3.05, 3.63) is 58.5 Å². The molecule has 0 aliphatic carbocycles. The van der Waals surface area contributed by atoms with E-state index in [2.05, 4.69) is 15.8 Å². The Morgan fingerprint density at radius 1 is 1.35 bits per heavy atom. The molecule has 1 aromatic carbocycles. The molecule has 31 heavy (non-hydrogen) atoms. The largest absolute Gasteiger partial charge is 0.382 e. The average Bonchev–Trinajstić information content (AvgIpc) is 3.11. The van der Waals surface area contributed by atoms with Crippen LogP contribution in [0.2, 0.25) is 0 Å². The van der Waals surface area contributed by atoms with Crippen LogP contribution in [0.3, 0.4) is 0 Å². The second kappa shape index (κ2) is 9.97. The van der Waals surface area contributed by atoms with Crippen molar-refractivity contribution in [3.63, 3.8) is 0 Å². The van der Waals surface area contributed by atoms with Gasteiger partial charge in [0.2, 0.25) is 0 Å². The lowest BCUT2D eigenvalue weighted by molar-refractivity contribution is -0.113. The van der Waals surface area contributed by atoms with Gasteiger partial charge in [-0.2, -0.15) is 0 Å². The highest BCUT2D eigenvalue weighted by atomic mass is 32.1. The average molecular weight is 451 g/mol. The maximum atomic E-state index is 14.6. The molecule has 0 spiro atoms. The lowest BCUT2D eigenvalue weighted by Gasteiger charge is -2.38. The summed E-state index contributed by atoms with van der Waals surface area (Å²) >= 11 is 5.49. The monoisotopic (exact) mass is 450 g/mol. The fourth-order valence-corrected chi connectivity index (χ4v) is 3.74. The molecule has 0 unspecified atom stereocenters. The molecule has 1 aromatic heterocycles. The Morgan fingerprint density at radius 3 is 2.77 bits per heavy atom. The summed E-state index contributed by atoms with van der Waals surface area (Å²) in [6.07, 6.45) is 0.681. The highest BCUT2D eigenvalue weighted by molar-refractivity contribution is 7.80. The van der Waals surface area contributed by atoms with Gasteiger partial charge in [-0.3, -0.25) is 4.79 Å². The van der Waals surface area contributed by atoms with Gasteiger partial charge in [-0.25, -0.2) is 8.78 Å². The standard InChI is InChI=1S/C21H24F2N4O3S/c1-4-29-9-5-8-27-13(3)18(20(28)24-17-10-12(2)30-26-17)19(25-21(27)31)15-7-6-14(22)11-16(15)23/h6-7,10-11,19H,4-5,8-9H2,1-3H3,(H,25,31)(H,24,26,28)/t19-/m1/s1. The van der Waals surface area contributed by atoms with Crippen LogP contribution in [0.25, 0.3) is 0 Å². The van der Waals surface area contributed by atoms with Crippen molar-refractivity contribution in [2.24, 2.45) is 0 Å². The smallest absolute Gasteiger partial charge is 0.257 e. The number of benzene rings is 1. The number of aromatic nitrogens is 1. The Labute approximate surface area is 184 Å². The highest BCUT2D eigenvalue weighted by Crippen LogP contribution is 2.33. The number of nitrogens with zero attached hydrogens (tertiary/aromatic N) is 2. The Hall–Kier alpha value is -2.85. The van der Waals surface area contributed by atoms with E-state index in [9.17, 15) is 13.6 Å². The number of aryl methyl sites for hydroxylation is 1. The normalized spacial score (nSPS) is 16.5. The second-order valence-corrected chi connectivity index (χ2v) is 7.41. The first-order chi connectivity index (χ1) is 14.8. The lowest BCUT2D eigenvalue weighted by atomic mass is 9.93. The van der Waals surface area contributed by atoms with Crippen LogP contribution in [0.1, 0.15) is 37.6 Å². The van der Waals surface area contributed by atoms with E-state index in [1.165, 1.54) is 6.07 Å². The maximum Gasteiger partial charge on any atom is 0.257 e. The van der Waals surface area contributed by atoms with Gasteiger partial charge in [-0.15, -0.1) is 0 Å². The molecule has 0 saturated heterocycles. The summed E-state index contributed by atoms with van der Waals surface area (Å²) in [7, 11) is 0. The first-order valence-electron chi connectivity index (χ1n) is 9.88. The molecule has 1 atom stereocenters. The molecule has 1 aliphatic rings. The molecule has 0 bridgehead atoms. The van der Waals surface area contributed by atoms with Crippen LogP contribution < -0.4 is 10.6 Å². The molecule has 166 valence electrons. The van der Waals surface area contributed by atoms with Crippen molar-refractivity contribution in [1.82, 2.24) is 15.4 Å². The summed E-state index contributed by atoms with van der Waals surface area (Å²) < 4.78 is 38.4. The molecule has 0 radical (unpaired) electrons. The third-order valence-corrected chi connectivity index (χ3v) is 5.20. The Balaban J connectivity index is 1.97. The van der Waals surface area contributed by atoms with E-state index in [0.717, 1.165) is 12.1 Å². The first-order valence-corrected chi connectivity index (χ1v) is 10.3. The van der Waals surface area contributed by atoms with Crippen molar-refractivity contribution in [2.75, 3.05) is 25.1 Å². The molecule has 0 saturated carbocycles. The quantitative estimate of drug-likeness (QED) is 0.467. The van der Waals surface area contributed by atoms with Crippen LogP contribution in [0.15, 0.2) is 40.1 Å². The number of nitrogens with one attached hydrogen (secondary N) is 2. The maximum absolute atomic E-state index is 14.6. The fraction of sp³-hybridized carbons (Fsp3) is 0.381.